The third kappa shape index (κ3) is 5.19. The second-order valence-corrected chi connectivity index (χ2v) is 7.87. The fourth-order valence-electron chi connectivity index (χ4n) is 1.67. The van der Waals surface area contributed by atoms with E-state index in [0.29, 0.717) is 26.6 Å². The van der Waals surface area contributed by atoms with Crippen LogP contribution >= 0.6 is 34.5 Å². The third-order valence-electron chi connectivity index (χ3n) is 3.00. The number of carbonyl (C=O) groups is 2. The molecule has 0 spiro atoms. The first-order chi connectivity index (χ1) is 11.1. The molecule has 2 rings (SSSR count). The third-order valence-corrected chi connectivity index (χ3v) is 4.54. The van der Waals surface area contributed by atoms with Crippen molar-refractivity contribution in [2.45, 2.75) is 27.2 Å². The van der Waals surface area contributed by atoms with E-state index in [1.54, 1.807) is 23.6 Å². The molecule has 0 saturated carbocycles. The zero-order chi connectivity index (χ0) is 17.9. The lowest BCUT2D eigenvalue weighted by molar-refractivity contribution is -0.123. The van der Waals surface area contributed by atoms with Gasteiger partial charge in [0.1, 0.15) is 0 Å². The Kier molecular flexibility index (Phi) is 5.85. The minimum Gasteiger partial charge on any atom is -0.326 e. The standard InChI is InChI=1S/C16H17Cl2N3O2S/c1-16(2,3)14(23)21-15-20-10(8-24-15)7-13(22)19-9-4-5-11(17)12(18)6-9/h4-6,8H,7H2,1-3H3,(H,19,22)(H,20,21,23). The van der Waals surface area contributed by atoms with Gasteiger partial charge in [-0.3, -0.25) is 9.59 Å². The normalized spacial score (nSPS) is 11.2. The molecule has 2 amide bonds. The summed E-state index contributed by atoms with van der Waals surface area (Å²) < 4.78 is 0. The molecule has 0 unspecified atom stereocenters. The van der Waals surface area contributed by atoms with Gasteiger partial charge in [-0.2, -0.15) is 0 Å². The molecule has 0 aliphatic carbocycles. The Hall–Kier alpha value is -1.63. The molecule has 0 radical (unpaired) electrons. The highest BCUT2D eigenvalue weighted by molar-refractivity contribution is 7.13. The predicted octanol–water partition coefficient (Wildman–Crippen LogP) is 4.62. The second-order valence-electron chi connectivity index (χ2n) is 6.20. The maximum absolute atomic E-state index is 12.1. The molecule has 0 aliphatic heterocycles. The van der Waals surface area contributed by atoms with Gasteiger partial charge in [0, 0.05) is 16.5 Å². The van der Waals surface area contributed by atoms with E-state index in [4.69, 9.17) is 23.2 Å². The van der Waals surface area contributed by atoms with Crippen LogP contribution in [0.2, 0.25) is 10.0 Å². The van der Waals surface area contributed by atoms with Gasteiger partial charge in [-0.05, 0) is 18.2 Å². The van der Waals surface area contributed by atoms with Crippen LogP contribution in [0, 0.1) is 5.41 Å². The van der Waals surface area contributed by atoms with Gasteiger partial charge in [-0.15, -0.1) is 11.3 Å². The lowest BCUT2D eigenvalue weighted by Gasteiger charge is -2.15. The number of aromatic nitrogens is 1. The first-order valence-electron chi connectivity index (χ1n) is 7.16. The summed E-state index contributed by atoms with van der Waals surface area (Å²) in [4.78, 5) is 28.2. The van der Waals surface area contributed by atoms with Crippen LogP contribution < -0.4 is 10.6 Å². The van der Waals surface area contributed by atoms with Gasteiger partial charge < -0.3 is 10.6 Å². The van der Waals surface area contributed by atoms with Gasteiger partial charge in [0.05, 0.1) is 22.2 Å². The average molecular weight is 386 g/mol. The molecule has 2 aromatic rings. The van der Waals surface area contributed by atoms with Gasteiger partial charge in [0.2, 0.25) is 11.8 Å². The summed E-state index contributed by atoms with van der Waals surface area (Å²) in [5.41, 5.74) is 0.643. The molecule has 24 heavy (non-hydrogen) atoms. The largest absolute Gasteiger partial charge is 0.326 e. The molecular formula is C16H17Cl2N3O2S. The van der Waals surface area contributed by atoms with E-state index in [1.807, 2.05) is 20.8 Å². The summed E-state index contributed by atoms with van der Waals surface area (Å²) in [5.74, 6) is -0.351. The van der Waals surface area contributed by atoms with Crippen molar-refractivity contribution in [1.29, 1.82) is 0 Å². The molecule has 0 aliphatic rings. The van der Waals surface area contributed by atoms with Crippen molar-refractivity contribution >= 4 is 57.2 Å². The molecule has 1 aromatic carbocycles. The van der Waals surface area contributed by atoms with E-state index < -0.39 is 5.41 Å². The predicted molar refractivity (Wildman–Crippen MR) is 99.0 cm³/mol. The number of hydrogen-bond acceptors (Lipinski definition) is 4. The van der Waals surface area contributed by atoms with Crippen molar-refractivity contribution < 1.29 is 9.59 Å². The van der Waals surface area contributed by atoms with Crippen molar-refractivity contribution in [3.63, 3.8) is 0 Å². The zero-order valence-electron chi connectivity index (χ0n) is 13.4. The van der Waals surface area contributed by atoms with Gasteiger partial charge in [-0.1, -0.05) is 44.0 Å². The van der Waals surface area contributed by atoms with Crippen LogP contribution in [0.15, 0.2) is 23.6 Å². The minimum atomic E-state index is -0.503. The number of amides is 2. The fraction of sp³-hybridized carbons (Fsp3) is 0.312. The molecule has 2 N–H and O–H groups in total. The maximum Gasteiger partial charge on any atom is 0.231 e. The highest BCUT2D eigenvalue weighted by Crippen LogP contribution is 2.25. The molecule has 1 aromatic heterocycles. The molecule has 0 bridgehead atoms. The van der Waals surface area contributed by atoms with Crippen LogP contribution in [-0.2, 0) is 16.0 Å². The summed E-state index contributed by atoms with van der Waals surface area (Å²) in [6.07, 6.45) is 0.0993. The number of nitrogens with one attached hydrogen (secondary N) is 2. The average Bonchev–Trinajstić information content (AvgIpc) is 2.89. The highest BCUT2D eigenvalue weighted by Gasteiger charge is 2.22. The number of thiazole rings is 1. The summed E-state index contributed by atoms with van der Waals surface area (Å²) in [6, 6.07) is 4.86. The van der Waals surface area contributed by atoms with Crippen LogP contribution in [-0.4, -0.2) is 16.8 Å². The zero-order valence-corrected chi connectivity index (χ0v) is 15.8. The van der Waals surface area contributed by atoms with Crippen LogP contribution in [0.1, 0.15) is 26.5 Å². The quantitative estimate of drug-likeness (QED) is 0.806. The minimum absolute atomic E-state index is 0.0993. The molecule has 0 saturated heterocycles. The number of halogens is 2. The van der Waals surface area contributed by atoms with E-state index in [0.717, 1.165) is 0 Å². The second kappa shape index (κ2) is 7.51. The number of rotatable bonds is 4. The van der Waals surface area contributed by atoms with E-state index in [-0.39, 0.29) is 18.2 Å². The number of nitrogens with zero attached hydrogens (tertiary/aromatic N) is 1. The number of hydrogen-bond donors (Lipinski definition) is 2. The van der Waals surface area contributed by atoms with Crippen molar-refractivity contribution in [2.75, 3.05) is 10.6 Å². The van der Waals surface area contributed by atoms with Crippen LogP contribution in [0.25, 0.3) is 0 Å². The van der Waals surface area contributed by atoms with Gasteiger partial charge in [0.25, 0.3) is 0 Å². The van der Waals surface area contributed by atoms with E-state index in [9.17, 15) is 9.59 Å². The molecule has 0 atom stereocenters. The first-order valence-corrected chi connectivity index (χ1v) is 8.79. The first kappa shape index (κ1) is 18.7. The van der Waals surface area contributed by atoms with Gasteiger partial charge in [-0.25, -0.2) is 4.98 Å². The lowest BCUT2D eigenvalue weighted by Crippen LogP contribution is -2.27. The highest BCUT2D eigenvalue weighted by atomic mass is 35.5. The number of benzene rings is 1. The Labute approximate surface area is 154 Å². The van der Waals surface area contributed by atoms with Crippen molar-refractivity contribution in [3.05, 3.63) is 39.3 Å². The molecule has 0 fully saturated rings. The van der Waals surface area contributed by atoms with Crippen LogP contribution in [0.3, 0.4) is 0 Å². The SMILES string of the molecule is CC(C)(C)C(=O)Nc1nc(CC(=O)Nc2ccc(Cl)c(Cl)c2)cs1. The van der Waals surface area contributed by atoms with E-state index in [1.165, 1.54) is 11.3 Å². The topological polar surface area (TPSA) is 71.1 Å². The summed E-state index contributed by atoms with van der Waals surface area (Å²) >= 11 is 13.0. The van der Waals surface area contributed by atoms with Crippen LogP contribution in [0.5, 0.6) is 0 Å². The summed E-state index contributed by atoms with van der Waals surface area (Å²) in [5, 5.41) is 8.49. The molecular weight excluding hydrogens is 369 g/mol. The number of anilines is 2. The van der Waals surface area contributed by atoms with Gasteiger partial charge >= 0.3 is 0 Å². The molecule has 128 valence electrons. The lowest BCUT2D eigenvalue weighted by atomic mass is 9.96. The summed E-state index contributed by atoms with van der Waals surface area (Å²) in [6.45, 7) is 5.46. The fourth-order valence-corrected chi connectivity index (χ4v) is 2.68. The smallest absolute Gasteiger partial charge is 0.231 e. The van der Waals surface area contributed by atoms with Crippen LogP contribution in [0.4, 0.5) is 10.8 Å². The van der Waals surface area contributed by atoms with Crippen molar-refractivity contribution in [1.82, 2.24) is 4.98 Å². The Bertz CT molecular complexity index is 769. The molecule has 5 nitrogen and oxygen atoms in total. The summed E-state index contributed by atoms with van der Waals surface area (Å²) in [7, 11) is 0. The van der Waals surface area contributed by atoms with E-state index in [2.05, 4.69) is 15.6 Å². The Morgan fingerprint density at radius 1 is 1.17 bits per heavy atom. The Morgan fingerprint density at radius 3 is 2.50 bits per heavy atom. The number of carbonyl (C=O) groups excluding carboxylic acids is 2. The monoisotopic (exact) mass is 385 g/mol. The Morgan fingerprint density at radius 2 is 1.88 bits per heavy atom. The van der Waals surface area contributed by atoms with E-state index >= 15 is 0 Å². The maximum atomic E-state index is 12.1. The van der Waals surface area contributed by atoms with Gasteiger partial charge in [0.15, 0.2) is 5.13 Å². The van der Waals surface area contributed by atoms with Crippen molar-refractivity contribution in [2.24, 2.45) is 5.41 Å². The Balaban J connectivity index is 1.95. The molecule has 8 heteroatoms. The molecule has 1 heterocycles. The van der Waals surface area contributed by atoms with Crippen molar-refractivity contribution in [3.8, 4) is 0 Å².